The Kier molecular flexibility index (Phi) is 4.20. The van der Waals surface area contributed by atoms with Crippen molar-refractivity contribution in [1.82, 2.24) is 4.90 Å². The lowest BCUT2D eigenvalue weighted by Gasteiger charge is -2.13. The van der Waals surface area contributed by atoms with Crippen LogP contribution in [-0.4, -0.2) is 42.6 Å². The number of nitrogens with two attached hydrogens (primary N) is 1. The molecule has 0 spiro atoms. The molecule has 3 nitrogen and oxygen atoms in total. The van der Waals surface area contributed by atoms with E-state index in [2.05, 4.69) is 4.90 Å². The number of benzene rings is 1. The van der Waals surface area contributed by atoms with Crippen LogP contribution in [0.4, 0.5) is 0 Å². The summed E-state index contributed by atoms with van der Waals surface area (Å²) in [4.78, 5) is 15.3. The molecule has 92 valence electrons. The van der Waals surface area contributed by atoms with Gasteiger partial charge in [-0.05, 0) is 24.8 Å². The molecule has 1 aromatic rings. The number of nitrogens with zero attached hydrogens (tertiary/aromatic N) is 1. The van der Waals surface area contributed by atoms with Gasteiger partial charge in [-0.25, -0.2) is 0 Å². The second kappa shape index (κ2) is 5.67. The minimum absolute atomic E-state index is 0.187. The standard InChI is InChI=1S/C13H18N2OS/c1-17-12-4-2-10(3-5-12)13(16)9-15-7-6-11(14)8-15/h2-5,11H,6-9,14H2,1H3. The van der Waals surface area contributed by atoms with Crippen molar-refractivity contribution in [2.24, 2.45) is 5.73 Å². The Labute approximate surface area is 106 Å². The van der Waals surface area contributed by atoms with Crippen molar-refractivity contribution >= 4 is 17.5 Å². The van der Waals surface area contributed by atoms with Gasteiger partial charge < -0.3 is 5.73 Å². The van der Waals surface area contributed by atoms with Gasteiger partial charge in [0, 0.05) is 29.6 Å². The van der Waals surface area contributed by atoms with Crippen LogP contribution in [0.2, 0.25) is 0 Å². The zero-order valence-corrected chi connectivity index (χ0v) is 10.9. The second-order valence-electron chi connectivity index (χ2n) is 4.44. The largest absolute Gasteiger partial charge is 0.326 e. The molecule has 0 bridgehead atoms. The van der Waals surface area contributed by atoms with Crippen LogP contribution >= 0.6 is 11.8 Å². The Morgan fingerprint density at radius 3 is 2.71 bits per heavy atom. The molecule has 4 heteroatoms. The van der Waals surface area contributed by atoms with Gasteiger partial charge in [0.25, 0.3) is 0 Å². The molecule has 1 aliphatic heterocycles. The molecule has 1 fully saturated rings. The summed E-state index contributed by atoms with van der Waals surface area (Å²) in [6.45, 7) is 2.27. The predicted molar refractivity (Wildman–Crippen MR) is 71.6 cm³/mol. The summed E-state index contributed by atoms with van der Waals surface area (Å²) < 4.78 is 0. The van der Waals surface area contributed by atoms with Crippen molar-refractivity contribution in [3.63, 3.8) is 0 Å². The lowest BCUT2D eigenvalue weighted by molar-refractivity contribution is 0.0944. The quantitative estimate of drug-likeness (QED) is 0.651. The first-order chi connectivity index (χ1) is 8.19. The molecule has 0 saturated carbocycles. The highest BCUT2D eigenvalue weighted by molar-refractivity contribution is 7.98. The molecule has 2 rings (SSSR count). The average Bonchev–Trinajstić information content (AvgIpc) is 2.75. The number of carbonyl (C=O) groups excluding carboxylic acids is 1. The van der Waals surface area contributed by atoms with Crippen LogP contribution < -0.4 is 5.73 Å². The minimum atomic E-state index is 0.187. The predicted octanol–water partition coefficient (Wildman–Crippen LogP) is 1.62. The van der Waals surface area contributed by atoms with E-state index in [-0.39, 0.29) is 11.8 Å². The van der Waals surface area contributed by atoms with E-state index in [0.717, 1.165) is 25.1 Å². The highest BCUT2D eigenvalue weighted by atomic mass is 32.2. The van der Waals surface area contributed by atoms with Crippen molar-refractivity contribution in [3.8, 4) is 0 Å². The number of rotatable bonds is 4. The summed E-state index contributed by atoms with van der Waals surface area (Å²) in [5.41, 5.74) is 6.62. The van der Waals surface area contributed by atoms with E-state index in [1.807, 2.05) is 30.5 Å². The van der Waals surface area contributed by atoms with Gasteiger partial charge in [0.15, 0.2) is 5.78 Å². The summed E-state index contributed by atoms with van der Waals surface area (Å²) in [6, 6.07) is 8.04. The molecule has 2 N–H and O–H groups in total. The third-order valence-corrected chi connectivity index (χ3v) is 3.83. The Balaban J connectivity index is 1.94. The monoisotopic (exact) mass is 250 g/mol. The Hall–Kier alpha value is -0.840. The van der Waals surface area contributed by atoms with Gasteiger partial charge in [-0.3, -0.25) is 9.69 Å². The highest BCUT2D eigenvalue weighted by Gasteiger charge is 2.21. The van der Waals surface area contributed by atoms with Crippen molar-refractivity contribution in [1.29, 1.82) is 0 Å². The first-order valence-electron chi connectivity index (χ1n) is 5.84. The van der Waals surface area contributed by atoms with Gasteiger partial charge in [0.05, 0.1) is 6.54 Å². The van der Waals surface area contributed by atoms with Crippen molar-refractivity contribution in [2.75, 3.05) is 25.9 Å². The molecule has 0 aromatic heterocycles. The van der Waals surface area contributed by atoms with Crippen LogP contribution in [0.25, 0.3) is 0 Å². The lowest BCUT2D eigenvalue weighted by atomic mass is 10.1. The van der Waals surface area contributed by atoms with Crippen LogP contribution in [0, 0.1) is 0 Å². The third kappa shape index (κ3) is 3.31. The fraction of sp³-hybridized carbons (Fsp3) is 0.462. The molecule has 1 unspecified atom stereocenters. The molecule has 17 heavy (non-hydrogen) atoms. The molecule has 1 aromatic carbocycles. The van der Waals surface area contributed by atoms with E-state index in [9.17, 15) is 4.79 Å². The van der Waals surface area contributed by atoms with E-state index < -0.39 is 0 Å². The zero-order chi connectivity index (χ0) is 12.3. The summed E-state index contributed by atoms with van der Waals surface area (Å²) in [5.74, 6) is 0.187. The fourth-order valence-corrected chi connectivity index (χ4v) is 2.49. The average molecular weight is 250 g/mol. The van der Waals surface area contributed by atoms with Crippen molar-refractivity contribution < 1.29 is 4.79 Å². The summed E-state index contributed by atoms with van der Waals surface area (Å²) in [6.07, 6.45) is 3.03. The highest BCUT2D eigenvalue weighted by Crippen LogP contribution is 2.16. The van der Waals surface area contributed by atoms with Gasteiger partial charge in [-0.15, -0.1) is 11.8 Å². The Morgan fingerprint density at radius 1 is 1.47 bits per heavy atom. The van der Waals surface area contributed by atoms with Gasteiger partial charge in [-0.1, -0.05) is 12.1 Å². The third-order valence-electron chi connectivity index (χ3n) is 3.09. The number of thioether (sulfide) groups is 1. The molecule has 0 aliphatic carbocycles. The van der Waals surface area contributed by atoms with Crippen LogP contribution in [0.1, 0.15) is 16.8 Å². The van der Waals surface area contributed by atoms with Gasteiger partial charge in [-0.2, -0.15) is 0 Å². The van der Waals surface area contributed by atoms with Gasteiger partial charge >= 0.3 is 0 Å². The molecule has 1 atom stereocenters. The van der Waals surface area contributed by atoms with Crippen LogP contribution in [0.5, 0.6) is 0 Å². The molecule has 1 saturated heterocycles. The first-order valence-corrected chi connectivity index (χ1v) is 7.06. The number of Topliss-reactive ketones (excluding diaryl/α,β-unsaturated/α-hetero) is 1. The smallest absolute Gasteiger partial charge is 0.176 e. The van der Waals surface area contributed by atoms with Crippen molar-refractivity contribution in [3.05, 3.63) is 29.8 Å². The topological polar surface area (TPSA) is 46.3 Å². The minimum Gasteiger partial charge on any atom is -0.326 e. The first kappa shape index (κ1) is 12.6. The van der Waals surface area contributed by atoms with Gasteiger partial charge in [0.2, 0.25) is 0 Å². The summed E-state index contributed by atoms with van der Waals surface area (Å²) in [7, 11) is 0. The molecular weight excluding hydrogens is 232 g/mol. The van der Waals surface area contributed by atoms with E-state index in [1.54, 1.807) is 11.8 Å². The Morgan fingerprint density at radius 2 is 2.18 bits per heavy atom. The number of hydrogen-bond acceptors (Lipinski definition) is 4. The maximum Gasteiger partial charge on any atom is 0.176 e. The molecule has 1 aliphatic rings. The summed E-state index contributed by atoms with van der Waals surface area (Å²) >= 11 is 1.68. The number of carbonyl (C=O) groups is 1. The van der Waals surface area contributed by atoms with Crippen LogP contribution in [-0.2, 0) is 0 Å². The zero-order valence-electron chi connectivity index (χ0n) is 10.1. The maximum absolute atomic E-state index is 12.0. The van der Waals surface area contributed by atoms with E-state index in [0.29, 0.717) is 6.54 Å². The molecule has 0 radical (unpaired) electrons. The van der Waals surface area contributed by atoms with Crippen LogP contribution in [0.3, 0.4) is 0 Å². The maximum atomic E-state index is 12.0. The SMILES string of the molecule is CSc1ccc(C(=O)CN2CCC(N)C2)cc1. The van der Waals surface area contributed by atoms with Gasteiger partial charge in [0.1, 0.15) is 0 Å². The number of hydrogen-bond donors (Lipinski definition) is 1. The van der Waals surface area contributed by atoms with E-state index in [4.69, 9.17) is 5.73 Å². The summed E-state index contributed by atoms with van der Waals surface area (Å²) in [5, 5.41) is 0. The number of likely N-dealkylation sites (tertiary alicyclic amines) is 1. The van der Waals surface area contributed by atoms with Crippen molar-refractivity contribution in [2.45, 2.75) is 17.4 Å². The molecule has 0 amide bonds. The van der Waals surface area contributed by atoms with E-state index >= 15 is 0 Å². The number of ketones is 1. The fourth-order valence-electron chi connectivity index (χ4n) is 2.08. The molecule has 1 heterocycles. The lowest BCUT2D eigenvalue weighted by Crippen LogP contribution is -2.31. The van der Waals surface area contributed by atoms with E-state index in [1.165, 1.54) is 4.90 Å². The molecular formula is C13H18N2OS. The second-order valence-corrected chi connectivity index (χ2v) is 5.32. The Bertz CT molecular complexity index is 391. The van der Waals surface area contributed by atoms with Crippen LogP contribution in [0.15, 0.2) is 29.2 Å². The normalized spacial score (nSPS) is 20.7.